The van der Waals surface area contributed by atoms with Gasteiger partial charge in [0.05, 0.1) is 10.6 Å². The summed E-state index contributed by atoms with van der Waals surface area (Å²) in [5, 5.41) is 18.5. The van der Waals surface area contributed by atoms with Gasteiger partial charge in [-0.25, -0.2) is 27.9 Å². The molecule has 0 saturated heterocycles. The van der Waals surface area contributed by atoms with Gasteiger partial charge in [0.25, 0.3) is 0 Å². The Morgan fingerprint density at radius 2 is 1.78 bits per heavy atom. The molecule has 0 aliphatic heterocycles. The first kappa shape index (κ1) is 23.7. The Hall–Kier alpha value is -3.00. The van der Waals surface area contributed by atoms with Crippen molar-refractivity contribution in [2.45, 2.75) is 30.3 Å². The molecular weight excluding hydrogens is 449 g/mol. The Balaban J connectivity index is 2.03. The third-order valence-electron chi connectivity index (χ3n) is 4.49. The summed E-state index contributed by atoms with van der Waals surface area (Å²) < 4.78 is 36.4. The average molecular weight is 472 g/mol. The van der Waals surface area contributed by atoms with Crippen molar-refractivity contribution in [1.82, 2.24) is 9.97 Å². The van der Waals surface area contributed by atoms with Crippen molar-refractivity contribution in [3.8, 4) is 17.3 Å². The largest absolute Gasteiger partial charge is 0.339 e. The van der Waals surface area contributed by atoms with Crippen molar-refractivity contribution in [1.29, 1.82) is 5.26 Å². The quantitative estimate of drug-likeness (QED) is 0.361. The van der Waals surface area contributed by atoms with Crippen LogP contribution in [-0.2, 0) is 10.0 Å². The molecule has 3 rings (SSSR count). The van der Waals surface area contributed by atoms with Gasteiger partial charge in [-0.2, -0.15) is 5.26 Å². The minimum absolute atomic E-state index is 0.0248. The van der Waals surface area contributed by atoms with Crippen molar-refractivity contribution >= 4 is 33.3 Å². The van der Waals surface area contributed by atoms with E-state index >= 15 is 0 Å². The Labute approximate surface area is 191 Å². The highest BCUT2D eigenvalue weighted by Crippen LogP contribution is 2.31. The van der Waals surface area contributed by atoms with Gasteiger partial charge in [-0.05, 0) is 60.9 Å². The van der Waals surface area contributed by atoms with E-state index in [-0.39, 0.29) is 22.1 Å². The molecule has 0 amide bonds. The Morgan fingerprint density at radius 1 is 1.12 bits per heavy atom. The number of anilines is 2. The lowest BCUT2D eigenvalue weighted by Gasteiger charge is -2.13. The first-order valence-corrected chi connectivity index (χ1v) is 12.3. The van der Waals surface area contributed by atoms with Crippen LogP contribution in [0.25, 0.3) is 11.3 Å². The maximum Gasteiger partial charge on any atom is 0.238 e. The second kappa shape index (κ2) is 10.1. The van der Waals surface area contributed by atoms with Crippen LogP contribution in [0.1, 0.15) is 25.8 Å². The van der Waals surface area contributed by atoms with Gasteiger partial charge in [0.1, 0.15) is 17.4 Å². The molecule has 166 valence electrons. The predicted molar refractivity (Wildman–Crippen MR) is 123 cm³/mol. The molecule has 2 aromatic carbocycles. The van der Waals surface area contributed by atoms with Crippen LogP contribution in [0.15, 0.2) is 58.6 Å². The minimum atomic E-state index is -3.82. The van der Waals surface area contributed by atoms with Crippen molar-refractivity contribution in [3.05, 3.63) is 59.9 Å². The summed E-state index contributed by atoms with van der Waals surface area (Å²) in [6.07, 6.45) is 0.970. The molecule has 0 radical (unpaired) electrons. The molecule has 0 bridgehead atoms. The predicted octanol–water partition coefficient (Wildman–Crippen LogP) is 4.68. The number of hydrogen-bond donors (Lipinski definition) is 2. The number of nitrogens with two attached hydrogens (primary N) is 1. The zero-order valence-corrected chi connectivity index (χ0v) is 19.2. The van der Waals surface area contributed by atoms with Gasteiger partial charge in [0, 0.05) is 17.0 Å². The molecule has 3 N–H and O–H groups in total. The molecule has 3 aromatic rings. The molecule has 0 unspecified atom stereocenters. The van der Waals surface area contributed by atoms with Gasteiger partial charge in [0.15, 0.2) is 11.0 Å². The number of nitriles is 1. The maximum atomic E-state index is 13.4. The Kier molecular flexibility index (Phi) is 7.45. The summed E-state index contributed by atoms with van der Waals surface area (Å²) >= 11 is 1.47. The first-order chi connectivity index (χ1) is 15.2. The second-order valence-electron chi connectivity index (χ2n) is 7.42. The van der Waals surface area contributed by atoms with E-state index in [1.165, 1.54) is 48.2 Å². The number of nitrogens with zero attached hydrogens (tertiary/aromatic N) is 3. The van der Waals surface area contributed by atoms with Crippen molar-refractivity contribution in [3.63, 3.8) is 0 Å². The molecule has 0 aliphatic rings. The third-order valence-corrected chi connectivity index (χ3v) is 6.30. The number of nitrogens with one attached hydrogen (secondary N) is 1. The van der Waals surface area contributed by atoms with Crippen LogP contribution in [-0.4, -0.2) is 24.1 Å². The van der Waals surface area contributed by atoms with Gasteiger partial charge < -0.3 is 5.32 Å². The van der Waals surface area contributed by atoms with E-state index in [1.807, 2.05) is 0 Å². The van der Waals surface area contributed by atoms with Gasteiger partial charge in [-0.1, -0.05) is 25.6 Å². The van der Waals surface area contributed by atoms with Crippen LogP contribution >= 0.6 is 11.8 Å². The number of primary sulfonamides is 1. The number of rotatable bonds is 8. The van der Waals surface area contributed by atoms with E-state index < -0.39 is 10.0 Å². The van der Waals surface area contributed by atoms with Crippen molar-refractivity contribution < 1.29 is 12.8 Å². The van der Waals surface area contributed by atoms with Crippen LogP contribution < -0.4 is 10.5 Å². The standard InChI is InChI=1S/C22H22FN5O2S2/c1-14(2)11-12-31-22-27-20(15-3-5-16(23)6-4-15)19(13-24)21(28-22)26-17-7-9-18(10-8-17)32(25,29)30/h3-10,14H,11-12H2,1-2H3,(H2,25,29,30)(H,26,27,28). The minimum Gasteiger partial charge on any atom is -0.339 e. The van der Waals surface area contributed by atoms with Crippen LogP contribution in [0, 0.1) is 23.1 Å². The molecule has 32 heavy (non-hydrogen) atoms. The normalized spacial score (nSPS) is 11.4. The fraction of sp³-hybridized carbons (Fsp3) is 0.227. The summed E-state index contributed by atoms with van der Waals surface area (Å²) in [6.45, 7) is 4.25. The number of sulfonamides is 1. The van der Waals surface area contributed by atoms with Crippen LogP contribution in [0.3, 0.4) is 0 Å². The molecule has 0 saturated carbocycles. The van der Waals surface area contributed by atoms with Crippen LogP contribution in [0.2, 0.25) is 0 Å². The van der Waals surface area contributed by atoms with E-state index in [9.17, 15) is 18.1 Å². The SMILES string of the molecule is CC(C)CCSc1nc(Nc2ccc(S(N)(=O)=O)cc2)c(C#N)c(-c2ccc(F)cc2)n1. The van der Waals surface area contributed by atoms with Gasteiger partial charge >= 0.3 is 0 Å². The van der Waals surface area contributed by atoms with E-state index in [0.29, 0.717) is 28.0 Å². The van der Waals surface area contributed by atoms with E-state index in [0.717, 1.165) is 12.2 Å². The second-order valence-corrected chi connectivity index (χ2v) is 10.0. The monoisotopic (exact) mass is 471 g/mol. The first-order valence-electron chi connectivity index (χ1n) is 9.78. The molecule has 0 aliphatic carbocycles. The Bertz CT molecular complexity index is 1240. The summed E-state index contributed by atoms with van der Waals surface area (Å²) in [6, 6.07) is 13.7. The number of aromatic nitrogens is 2. The van der Waals surface area contributed by atoms with Crippen LogP contribution in [0.5, 0.6) is 0 Å². The third kappa shape index (κ3) is 6.03. The summed E-state index contributed by atoms with van der Waals surface area (Å²) in [4.78, 5) is 9.05. The molecule has 7 nitrogen and oxygen atoms in total. The van der Waals surface area contributed by atoms with Crippen molar-refractivity contribution in [2.24, 2.45) is 11.1 Å². The van der Waals surface area contributed by atoms with E-state index in [1.54, 1.807) is 12.1 Å². The molecular formula is C22H22FN5O2S2. The lowest BCUT2D eigenvalue weighted by Crippen LogP contribution is -2.12. The fourth-order valence-corrected chi connectivity index (χ4v) is 4.37. The molecule has 1 heterocycles. The average Bonchev–Trinajstić information content (AvgIpc) is 2.73. The lowest BCUT2D eigenvalue weighted by molar-refractivity contribution is 0.598. The number of thioether (sulfide) groups is 1. The molecule has 0 fully saturated rings. The highest BCUT2D eigenvalue weighted by Gasteiger charge is 2.17. The summed E-state index contributed by atoms with van der Waals surface area (Å²) in [5.74, 6) is 1.21. The number of halogens is 1. The van der Waals surface area contributed by atoms with Gasteiger partial charge in [-0.15, -0.1) is 0 Å². The van der Waals surface area contributed by atoms with Gasteiger partial charge in [-0.3, -0.25) is 0 Å². The fourth-order valence-electron chi connectivity index (χ4n) is 2.77. The zero-order chi connectivity index (χ0) is 23.3. The van der Waals surface area contributed by atoms with E-state index in [4.69, 9.17) is 5.14 Å². The van der Waals surface area contributed by atoms with Gasteiger partial charge in [0.2, 0.25) is 10.0 Å². The highest BCUT2D eigenvalue weighted by molar-refractivity contribution is 7.99. The summed E-state index contributed by atoms with van der Waals surface area (Å²) in [7, 11) is -3.82. The Morgan fingerprint density at radius 3 is 2.34 bits per heavy atom. The highest BCUT2D eigenvalue weighted by atomic mass is 32.2. The molecule has 0 atom stereocenters. The molecule has 10 heteroatoms. The molecule has 1 aromatic heterocycles. The summed E-state index contributed by atoms with van der Waals surface area (Å²) in [5.41, 5.74) is 1.69. The maximum absolute atomic E-state index is 13.4. The smallest absolute Gasteiger partial charge is 0.238 e. The molecule has 0 spiro atoms. The topological polar surface area (TPSA) is 122 Å². The van der Waals surface area contributed by atoms with E-state index in [2.05, 4.69) is 35.2 Å². The number of hydrogen-bond acceptors (Lipinski definition) is 7. The zero-order valence-electron chi connectivity index (χ0n) is 17.5. The lowest BCUT2D eigenvalue weighted by atomic mass is 10.1. The van der Waals surface area contributed by atoms with Crippen molar-refractivity contribution in [2.75, 3.05) is 11.1 Å². The number of benzene rings is 2. The van der Waals surface area contributed by atoms with Crippen LogP contribution in [0.4, 0.5) is 15.9 Å².